The van der Waals surface area contributed by atoms with Gasteiger partial charge in [-0.2, -0.15) is 5.10 Å². The molecule has 0 saturated carbocycles. The summed E-state index contributed by atoms with van der Waals surface area (Å²) in [6.07, 6.45) is 3.58. The molecule has 1 unspecified atom stereocenters. The van der Waals surface area contributed by atoms with Crippen molar-refractivity contribution in [2.45, 2.75) is 19.5 Å². The summed E-state index contributed by atoms with van der Waals surface area (Å²) in [6.45, 7) is 2.59. The second-order valence-electron chi connectivity index (χ2n) is 4.06. The molecule has 2 N–H and O–H groups in total. The molecule has 0 aliphatic heterocycles. The lowest BCUT2D eigenvalue weighted by molar-refractivity contribution is -0.384. The lowest BCUT2D eigenvalue weighted by Gasteiger charge is -2.11. The van der Waals surface area contributed by atoms with E-state index in [4.69, 9.17) is 0 Å². The van der Waals surface area contributed by atoms with Crippen LogP contribution in [0.15, 0.2) is 36.7 Å². The Morgan fingerprint density at radius 3 is 3.06 bits per heavy atom. The van der Waals surface area contributed by atoms with Crippen molar-refractivity contribution in [3.05, 3.63) is 57.9 Å². The number of benzene rings is 1. The van der Waals surface area contributed by atoms with Gasteiger partial charge in [0.05, 0.1) is 11.1 Å². The first-order chi connectivity index (χ1) is 8.66. The maximum absolute atomic E-state index is 10.7. The predicted molar refractivity (Wildman–Crippen MR) is 66.9 cm³/mol. The molecule has 1 atom stereocenters. The minimum atomic E-state index is -0.386. The molecular weight excluding hydrogens is 232 g/mol. The third kappa shape index (κ3) is 2.92. The number of H-pyrrole nitrogens is 1. The van der Waals surface area contributed by atoms with Crippen LogP contribution < -0.4 is 5.32 Å². The van der Waals surface area contributed by atoms with E-state index in [0.29, 0.717) is 6.54 Å². The average Bonchev–Trinajstić information content (AvgIpc) is 2.90. The van der Waals surface area contributed by atoms with Gasteiger partial charge >= 0.3 is 0 Å². The molecule has 0 radical (unpaired) electrons. The van der Waals surface area contributed by atoms with E-state index >= 15 is 0 Å². The van der Waals surface area contributed by atoms with Crippen LogP contribution in [0, 0.1) is 10.1 Å². The van der Waals surface area contributed by atoms with E-state index in [1.165, 1.54) is 6.07 Å². The first kappa shape index (κ1) is 12.3. The van der Waals surface area contributed by atoms with Crippen molar-refractivity contribution in [2.24, 2.45) is 0 Å². The molecule has 0 spiro atoms. The molecule has 1 heterocycles. The first-order valence-corrected chi connectivity index (χ1v) is 5.62. The van der Waals surface area contributed by atoms with E-state index in [1.807, 2.05) is 19.2 Å². The van der Waals surface area contributed by atoms with Gasteiger partial charge in [0, 0.05) is 36.5 Å². The van der Waals surface area contributed by atoms with Crippen molar-refractivity contribution >= 4 is 5.69 Å². The summed E-state index contributed by atoms with van der Waals surface area (Å²) in [5.74, 6) is 0. The van der Waals surface area contributed by atoms with E-state index < -0.39 is 0 Å². The summed E-state index contributed by atoms with van der Waals surface area (Å²) < 4.78 is 0. The molecule has 1 aromatic heterocycles. The zero-order chi connectivity index (χ0) is 13.0. The zero-order valence-electron chi connectivity index (χ0n) is 9.96. The Morgan fingerprint density at radius 1 is 1.56 bits per heavy atom. The molecule has 2 rings (SSSR count). The number of nitrogens with one attached hydrogen (secondary N) is 2. The number of non-ortho nitro benzene ring substituents is 1. The van der Waals surface area contributed by atoms with Crippen LogP contribution in [0.25, 0.3) is 0 Å². The van der Waals surface area contributed by atoms with Gasteiger partial charge < -0.3 is 5.32 Å². The molecule has 6 heteroatoms. The molecule has 94 valence electrons. The lowest BCUT2D eigenvalue weighted by Crippen LogP contribution is -2.17. The van der Waals surface area contributed by atoms with Crippen LogP contribution in [-0.2, 0) is 6.54 Å². The number of aromatic amines is 1. The number of rotatable bonds is 5. The van der Waals surface area contributed by atoms with Gasteiger partial charge in [-0.1, -0.05) is 12.1 Å². The molecule has 0 amide bonds. The summed E-state index contributed by atoms with van der Waals surface area (Å²) in [5.41, 5.74) is 2.06. The number of hydrogen-bond donors (Lipinski definition) is 2. The van der Waals surface area contributed by atoms with Crippen molar-refractivity contribution in [1.29, 1.82) is 0 Å². The minimum Gasteiger partial charge on any atom is -0.306 e. The van der Waals surface area contributed by atoms with Crippen molar-refractivity contribution in [2.75, 3.05) is 0 Å². The van der Waals surface area contributed by atoms with E-state index in [9.17, 15) is 10.1 Å². The number of aromatic nitrogens is 2. The van der Waals surface area contributed by atoms with E-state index in [0.717, 1.165) is 11.1 Å². The third-order valence-electron chi connectivity index (χ3n) is 2.75. The largest absolute Gasteiger partial charge is 0.306 e. The van der Waals surface area contributed by atoms with Crippen molar-refractivity contribution in [3.63, 3.8) is 0 Å². The van der Waals surface area contributed by atoms with Crippen LogP contribution in [-0.4, -0.2) is 15.1 Å². The van der Waals surface area contributed by atoms with Crippen LogP contribution in [0.1, 0.15) is 24.1 Å². The Bertz CT molecular complexity index is 525. The quantitative estimate of drug-likeness (QED) is 0.625. The molecule has 18 heavy (non-hydrogen) atoms. The van der Waals surface area contributed by atoms with Gasteiger partial charge in [-0.05, 0) is 12.5 Å². The Balaban J connectivity index is 1.98. The summed E-state index contributed by atoms with van der Waals surface area (Å²) >= 11 is 0. The second kappa shape index (κ2) is 5.42. The Morgan fingerprint density at radius 2 is 2.39 bits per heavy atom. The highest BCUT2D eigenvalue weighted by molar-refractivity contribution is 5.34. The first-order valence-electron chi connectivity index (χ1n) is 5.62. The van der Waals surface area contributed by atoms with Gasteiger partial charge in [0.1, 0.15) is 0 Å². The minimum absolute atomic E-state index is 0.116. The van der Waals surface area contributed by atoms with Crippen LogP contribution in [0.4, 0.5) is 5.69 Å². The van der Waals surface area contributed by atoms with Gasteiger partial charge in [-0.3, -0.25) is 15.2 Å². The van der Waals surface area contributed by atoms with E-state index in [-0.39, 0.29) is 16.7 Å². The van der Waals surface area contributed by atoms with Gasteiger partial charge in [-0.15, -0.1) is 0 Å². The highest BCUT2D eigenvalue weighted by atomic mass is 16.6. The summed E-state index contributed by atoms with van der Waals surface area (Å²) in [7, 11) is 0. The van der Waals surface area contributed by atoms with Crippen LogP contribution in [0.3, 0.4) is 0 Å². The van der Waals surface area contributed by atoms with Crippen molar-refractivity contribution in [3.8, 4) is 0 Å². The van der Waals surface area contributed by atoms with E-state index in [1.54, 1.807) is 18.3 Å². The Kier molecular flexibility index (Phi) is 3.69. The SMILES string of the molecule is CC(NCc1cccc([N+](=O)[O-])c1)c1cn[nH]c1. The van der Waals surface area contributed by atoms with Gasteiger partial charge in [0.15, 0.2) is 0 Å². The number of hydrogen-bond acceptors (Lipinski definition) is 4. The standard InChI is InChI=1S/C12H14N4O2/c1-9(11-7-14-15-8-11)13-6-10-3-2-4-12(5-10)16(17)18/h2-5,7-9,13H,6H2,1H3,(H,14,15). The van der Waals surface area contributed by atoms with Crippen molar-refractivity contribution < 1.29 is 4.92 Å². The highest BCUT2D eigenvalue weighted by Crippen LogP contribution is 2.15. The van der Waals surface area contributed by atoms with Crippen LogP contribution in [0.5, 0.6) is 0 Å². The molecule has 2 aromatic rings. The second-order valence-corrected chi connectivity index (χ2v) is 4.06. The topological polar surface area (TPSA) is 83.8 Å². The van der Waals surface area contributed by atoms with Crippen molar-refractivity contribution in [1.82, 2.24) is 15.5 Å². The molecule has 1 aromatic carbocycles. The van der Waals surface area contributed by atoms with Crippen LogP contribution >= 0.6 is 0 Å². The maximum Gasteiger partial charge on any atom is 0.269 e. The summed E-state index contributed by atoms with van der Waals surface area (Å²) in [5, 5.41) is 20.6. The monoisotopic (exact) mass is 246 g/mol. The van der Waals surface area contributed by atoms with E-state index in [2.05, 4.69) is 15.5 Å². The lowest BCUT2D eigenvalue weighted by atomic mass is 10.1. The maximum atomic E-state index is 10.7. The molecule has 0 fully saturated rings. The summed E-state index contributed by atoms with van der Waals surface area (Å²) in [4.78, 5) is 10.3. The van der Waals surface area contributed by atoms with Gasteiger partial charge in [0.2, 0.25) is 0 Å². The molecule has 0 saturated heterocycles. The normalized spacial score (nSPS) is 12.3. The molecule has 6 nitrogen and oxygen atoms in total. The Labute approximate surface area is 104 Å². The predicted octanol–water partition coefficient (Wildman–Crippen LogP) is 2.17. The molecule has 0 aliphatic carbocycles. The molecular formula is C12H14N4O2. The highest BCUT2D eigenvalue weighted by Gasteiger charge is 2.08. The zero-order valence-corrected chi connectivity index (χ0v) is 9.96. The van der Waals surface area contributed by atoms with Crippen LogP contribution in [0.2, 0.25) is 0 Å². The van der Waals surface area contributed by atoms with Gasteiger partial charge in [-0.25, -0.2) is 0 Å². The smallest absolute Gasteiger partial charge is 0.269 e. The summed E-state index contributed by atoms with van der Waals surface area (Å²) in [6, 6.07) is 6.76. The molecule has 0 bridgehead atoms. The fourth-order valence-corrected chi connectivity index (χ4v) is 1.67. The third-order valence-corrected chi connectivity index (χ3v) is 2.75. The average molecular weight is 246 g/mol. The number of nitro groups is 1. The molecule has 0 aliphatic rings. The number of nitrogens with zero attached hydrogens (tertiary/aromatic N) is 2. The fraction of sp³-hybridized carbons (Fsp3) is 0.250. The van der Waals surface area contributed by atoms with Gasteiger partial charge in [0.25, 0.3) is 5.69 Å². The fourth-order valence-electron chi connectivity index (χ4n) is 1.67. The Hall–Kier alpha value is -2.21. The number of nitro benzene ring substituents is 1.